The van der Waals surface area contributed by atoms with Crippen LogP contribution in [0.4, 0.5) is 0 Å². The number of carbonyl (C=O) groups excluding carboxylic acids is 2. The third-order valence-corrected chi connectivity index (χ3v) is 3.05. The smallest absolute Gasteiger partial charge is 0.279 e. The third-order valence-electron chi connectivity index (χ3n) is 2.18. The van der Waals surface area contributed by atoms with Gasteiger partial charge in [0.15, 0.2) is 0 Å². The van der Waals surface area contributed by atoms with Crippen molar-refractivity contribution in [2.24, 2.45) is 0 Å². The first-order valence-corrected chi connectivity index (χ1v) is 5.98. The molecule has 0 saturated heterocycles. The lowest BCUT2D eigenvalue weighted by Gasteiger charge is -2.07. The van der Waals surface area contributed by atoms with Gasteiger partial charge in [-0.3, -0.25) is 20.4 Å². The van der Waals surface area contributed by atoms with Crippen molar-refractivity contribution >= 4 is 23.2 Å². The number of carbonyl (C=O) groups is 2. The largest absolute Gasteiger partial charge is 0.507 e. The molecule has 2 rings (SSSR count). The Labute approximate surface area is 107 Å². The van der Waals surface area contributed by atoms with Gasteiger partial charge in [0.2, 0.25) is 0 Å². The molecule has 0 spiro atoms. The summed E-state index contributed by atoms with van der Waals surface area (Å²) >= 11 is 1.27. The predicted octanol–water partition coefficient (Wildman–Crippen LogP) is 1.53. The van der Waals surface area contributed by atoms with Crippen LogP contribution in [-0.4, -0.2) is 16.9 Å². The van der Waals surface area contributed by atoms with E-state index in [9.17, 15) is 14.7 Å². The molecular weight excluding hydrogens is 252 g/mol. The number of aromatic hydroxyl groups is 1. The van der Waals surface area contributed by atoms with Crippen LogP contribution in [0.1, 0.15) is 20.0 Å². The SMILES string of the molecule is O=C(NNC(=O)c1ccccc1O)c1cccs1. The molecule has 1 aromatic heterocycles. The summed E-state index contributed by atoms with van der Waals surface area (Å²) in [4.78, 5) is 23.7. The van der Waals surface area contributed by atoms with E-state index in [1.807, 2.05) is 0 Å². The zero-order valence-corrected chi connectivity index (χ0v) is 10.0. The number of hydrogen-bond acceptors (Lipinski definition) is 4. The van der Waals surface area contributed by atoms with Crippen molar-refractivity contribution in [1.82, 2.24) is 10.9 Å². The zero-order chi connectivity index (χ0) is 13.0. The van der Waals surface area contributed by atoms with E-state index in [0.717, 1.165) is 0 Å². The molecule has 2 aromatic rings. The van der Waals surface area contributed by atoms with Gasteiger partial charge in [0.05, 0.1) is 10.4 Å². The van der Waals surface area contributed by atoms with Gasteiger partial charge in [-0.1, -0.05) is 18.2 Å². The molecule has 18 heavy (non-hydrogen) atoms. The van der Waals surface area contributed by atoms with Crippen molar-refractivity contribution in [3.63, 3.8) is 0 Å². The van der Waals surface area contributed by atoms with Crippen LogP contribution in [0.15, 0.2) is 41.8 Å². The van der Waals surface area contributed by atoms with Gasteiger partial charge < -0.3 is 5.11 Å². The Kier molecular flexibility index (Phi) is 3.59. The van der Waals surface area contributed by atoms with E-state index >= 15 is 0 Å². The maximum absolute atomic E-state index is 11.7. The minimum atomic E-state index is -0.571. The number of hydrogen-bond donors (Lipinski definition) is 3. The third kappa shape index (κ3) is 2.67. The van der Waals surface area contributed by atoms with Gasteiger partial charge in [-0.25, -0.2) is 0 Å². The zero-order valence-electron chi connectivity index (χ0n) is 9.21. The van der Waals surface area contributed by atoms with Gasteiger partial charge in [0.25, 0.3) is 11.8 Å². The molecule has 2 amide bonds. The fraction of sp³-hybridized carbons (Fsp3) is 0. The van der Waals surface area contributed by atoms with Gasteiger partial charge in [-0.15, -0.1) is 11.3 Å². The second-order valence-electron chi connectivity index (χ2n) is 3.40. The van der Waals surface area contributed by atoms with E-state index in [0.29, 0.717) is 4.88 Å². The summed E-state index contributed by atoms with van der Waals surface area (Å²) < 4.78 is 0. The molecule has 1 heterocycles. The van der Waals surface area contributed by atoms with Crippen molar-refractivity contribution in [2.75, 3.05) is 0 Å². The Hall–Kier alpha value is -2.34. The normalized spacial score (nSPS) is 9.78. The number of para-hydroxylation sites is 1. The van der Waals surface area contributed by atoms with E-state index in [1.54, 1.807) is 29.6 Å². The fourth-order valence-electron chi connectivity index (χ4n) is 1.32. The molecule has 0 saturated carbocycles. The highest BCUT2D eigenvalue weighted by Gasteiger charge is 2.12. The highest BCUT2D eigenvalue weighted by Crippen LogP contribution is 2.14. The first kappa shape index (κ1) is 12.1. The molecule has 0 radical (unpaired) electrons. The molecule has 0 bridgehead atoms. The Morgan fingerprint density at radius 3 is 2.39 bits per heavy atom. The van der Waals surface area contributed by atoms with Gasteiger partial charge in [0, 0.05) is 0 Å². The Morgan fingerprint density at radius 2 is 1.72 bits per heavy atom. The molecular formula is C12H10N2O3S. The van der Waals surface area contributed by atoms with Gasteiger partial charge in [0.1, 0.15) is 5.75 Å². The average Bonchev–Trinajstić information content (AvgIpc) is 2.90. The van der Waals surface area contributed by atoms with Crippen molar-refractivity contribution in [2.45, 2.75) is 0 Å². The molecule has 0 aliphatic rings. The molecule has 3 N–H and O–H groups in total. The number of phenolic OH excluding ortho intramolecular Hbond substituents is 1. The topological polar surface area (TPSA) is 78.4 Å². The number of phenols is 1. The van der Waals surface area contributed by atoms with Crippen molar-refractivity contribution in [3.8, 4) is 5.75 Å². The standard InChI is InChI=1S/C12H10N2O3S/c15-9-5-2-1-4-8(9)11(16)13-14-12(17)10-6-3-7-18-10/h1-7,15H,(H,13,16)(H,14,17). The molecule has 0 aliphatic carbocycles. The Balaban J connectivity index is 1.97. The predicted molar refractivity (Wildman–Crippen MR) is 67.4 cm³/mol. The number of nitrogens with one attached hydrogen (secondary N) is 2. The Bertz CT molecular complexity index is 566. The maximum Gasteiger partial charge on any atom is 0.279 e. The second kappa shape index (κ2) is 5.33. The van der Waals surface area contributed by atoms with Gasteiger partial charge in [-0.2, -0.15) is 0 Å². The molecule has 1 aromatic carbocycles. The Morgan fingerprint density at radius 1 is 1.00 bits per heavy atom. The van der Waals surface area contributed by atoms with E-state index in [1.165, 1.54) is 23.5 Å². The van der Waals surface area contributed by atoms with E-state index in [4.69, 9.17) is 0 Å². The minimum absolute atomic E-state index is 0.101. The highest BCUT2D eigenvalue weighted by molar-refractivity contribution is 7.12. The molecule has 0 atom stereocenters. The van der Waals surface area contributed by atoms with Crippen LogP contribution in [0.3, 0.4) is 0 Å². The summed E-state index contributed by atoms with van der Waals surface area (Å²) in [5, 5.41) is 11.2. The average molecular weight is 262 g/mol. The fourth-order valence-corrected chi connectivity index (χ4v) is 1.93. The summed E-state index contributed by atoms with van der Waals surface area (Å²) in [6, 6.07) is 9.47. The number of rotatable bonds is 2. The van der Waals surface area contributed by atoms with Crippen molar-refractivity contribution in [3.05, 3.63) is 52.2 Å². The second-order valence-corrected chi connectivity index (χ2v) is 4.35. The number of benzene rings is 1. The summed E-state index contributed by atoms with van der Waals surface area (Å²) in [5.41, 5.74) is 4.61. The van der Waals surface area contributed by atoms with E-state index in [2.05, 4.69) is 10.9 Å². The molecule has 6 heteroatoms. The van der Waals surface area contributed by atoms with Crippen molar-refractivity contribution < 1.29 is 14.7 Å². The quantitative estimate of drug-likeness (QED) is 0.718. The van der Waals surface area contributed by atoms with Crippen LogP contribution in [0.25, 0.3) is 0 Å². The first-order valence-electron chi connectivity index (χ1n) is 5.10. The molecule has 0 fully saturated rings. The first-order chi connectivity index (χ1) is 8.68. The number of thiophene rings is 1. The van der Waals surface area contributed by atoms with Gasteiger partial charge in [-0.05, 0) is 23.6 Å². The summed E-state index contributed by atoms with van der Waals surface area (Å²) in [7, 11) is 0. The van der Waals surface area contributed by atoms with Crippen LogP contribution in [0, 0.1) is 0 Å². The van der Waals surface area contributed by atoms with Crippen molar-refractivity contribution in [1.29, 1.82) is 0 Å². The molecule has 5 nitrogen and oxygen atoms in total. The van der Waals surface area contributed by atoms with Crippen LogP contribution in [0.2, 0.25) is 0 Å². The van der Waals surface area contributed by atoms with Crippen LogP contribution < -0.4 is 10.9 Å². The number of amides is 2. The van der Waals surface area contributed by atoms with Crippen LogP contribution in [-0.2, 0) is 0 Å². The lowest BCUT2D eigenvalue weighted by Crippen LogP contribution is -2.41. The van der Waals surface area contributed by atoms with E-state index < -0.39 is 11.8 Å². The summed E-state index contributed by atoms with van der Waals surface area (Å²) in [5.74, 6) is -1.10. The highest BCUT2D eigenvalue weighted by atomic mass is 32.1. The molecule has 0 aliphatic heterocycles. The lowest BCUT2D eigenvalue weighted by atomic mass is 10.2. The maximum atomic E-state index is 11.7. The lowest BCUT2D eigenvalue weighted by molar-refractivity contribution is 0.0847. The summed E-state index contributed by atoms with van der Waals surface area (Å²) in [6.45, 7) is 0. The summed E-state index contributed by atoms with van der Waals surface area (Å²) in [6.07, 6.45) is 0. The molecule has 92 valence electrons. The monoisotopic (exact) mass is 262 g/mol. The van der Waals surface area contributed by atoms with Crippen LogP contribution >= 0.6 is 11.3 Å². The minimum Gasteiger partial charge on any atom is -0.507 e. The number of hydrazine groups is 1. The van der Waals surface area contributed by atoms with E-state index in [-0.39, 0.29) is 11.3 Å². The van der Waals surface area contributed by atoms with Crippen LogP contribution in [0.5, 0.6) is 5.75 Å². The molecule has 0 unspecified atom stereocenters. The van der Waals surface area contributed by atoms with Gasteiger partial charge >= 0.3 is 0 Å².